The number of hydrogen-bond donors (Lipinski definition) is 6. The number of nitrogens with zero attached hydrogens (tertiary/aromatic N) is 6. The number of benzene rings is 3. The SMILES string of the molecule is Cc1ncsc1-c1ccc(CNC(=O)[C@@H]2C[C@@H](O)CN2C(=O)C(NC(=O)CCCCCCCCNC(=O)CCc2cccc(-c3ccc4nc(-c5cccnc5N)n(-c5ccc(C6(N)CCC6)cc5)c4n3)c2)C(C)(C)C)cc1. The molecule has 1 aliphatic carbocycles. The number of likely N-dealkylation sites (tertiary alicyclic amines) is 1. The Morgan fingerprint density at radius 2 is 1.58 bits per heavy atom. The number of rotatable bonds is 22. The molecule has 8 N–H and O–H groups in total. The van der Waals surface area contributed by atoms with Crippen LogP contribution in [0, 0.1) is 12.3 Å². The Morgan fingerprint density at radius 3 is 2.28 bits per heavy atom. The highest BCUT2D eigenvalue weighted by molar-refractivity contribution is 7.13. The summed E-state index contributed by atoms with van der Waals surface area (Å²) in [4.78, 5) is 75.2. The van der Waals surface area contributed by atoms with E-state index in [1.807, 2.05) is 105 Å². The van der Waals surface area contributed by atoms with Crippen LogP contribution >= 0.6 is 11.3 Å². The van der Waals surface area contributed by atoms with Crippen molar-refractivity contribution in [3.05, 3.63) is 131 Å². The predicted octanol–water partition coefficient (Wildman–Crippen LogP) is 9.09. The summed E-state index contributed by atoms with van der Waals surface area (Å²) < 4.78 is 2.03. The molecule has 3 atom stereocenters. The van der Waals surface area contributed by atoms with Crippen molar-refractivity contribution in [2.45, 2.75) is 141 Å². The molecular formula is C61H73N11O5S. The summed E-state index contributed by atoms with van der Waals surface area (Å²) in [6.07, 6.45) is 10.5. The number of nitrogen functional groups attached to an aromatic ring is 1. The maximum Gasteiger partial charge on any atom is 0.246 e. The number of imidazole rings is 1. The first kappa shape index (κ1) is 55.4. The molecule has 0 bridgehead atoms. The van der Waals surface area contributed by atoms with Crippen molar-refractivity contribution in [2.24, 2.45) is 11.1 Å². The van der Waals surface area contributed by atoms with Gasteiger partial charge in [-0.3, -0.25) is 23.7 Å². The van der Waals surface area contributed by atoms with Crippen molar-refractivity contribution in [2.75, 3.05) is 18.8 Å². The highest BCUT2D eigenvalue weighted by Gasteiger charge is 2.44. The smallest absolute Gasteiger partial charge is 0.246 e. The molecule has 2 aliphatic rings. The number of hydrogen-bond acceptors (Lipinski definition) is 12. The van der Waals surface area contributed by atoms with Crippen molar-refractivity contribution in [3.63, 3.8) is 0 Å². The van der Waals surface area contributed by atoms with Crippen LogP contribution in [0.25, 0.3) is 49.9 Å². The van der Waals surface area contributed by atoms with Gasteiger partial charge < -0.3 is 37.4 Å². The minimum atomic E-state index is -0.871. The van der Waals surface area contributed by atoms with Crippen molar-refractivity contribution in [3.8, 4) is 38.8 Å². The van der Waals surface area contributed by atoms with Gasteiger partial charge in [-0.25, -0.2) is 19.9 Å². The van der Waals surface area contributed by atoms with Gasteiger partial charge >= 0.3 is 0 Å². The van der Waals surface area contributed by atoms with Crippen LogP contribution in [-0.4, -0.2) is 89.4 Å². The fourth-order valence-electron chi connectivity index (χ4n) is 10.5. The second kappa shape index (κ2) is 24.5. The Labute approximate surface area is 460 Å². The number of unbranched alkanes of at least 4 members (excludes halogenated alkanes) is 5. The van der Waals surface area contributed by atoms with Crippen LogP contribution in [0.4, 0.5) is 5.82 Å². The van der Waals surface area contributed by atoms with Crippen LogP contribution in [0.2, 0.25) is 0 Å². The third kappa shape index (κ3) is 13.1. The van der Waals surface area contributed by atoms with Gasteiger partial charge in [0.15, 0.2) is 11.5 Å². The van der Waals surface area contributed by atoms with Gasteiger partial charge in [-0.1, -0.05) is 101 Å². The molecule has 3 aromatic carbocycles. The summed E-state index contributed by atoms with van der Waals surface area (Å²) in [5.41, 5.74) is 23.8. The number of aliphatic hydroxyl groups excluding tert-OH is 1. The number of β-amino-alcohol motifs (C(OH)–C–C–N with tert-alkyl or cyclic N) is 1. The number of carbonyl (C=O) groups is 4. The lowest BCUT2D eigenvalue weighted by Gasteiger charge is -2.38. The lowest BCUT2D eigenvalue weighted by molar-refractivity contribution is -0.144. The molecule has 16 nitrogen and oxygen atoms in total. The second-order valence-electron chi connectivity index (χ2n) is 22.2. The van der Waals surface area contributed by atoms with Crippen LogP contribution in [0.15, 0.2) is 109 Å². The number of thiazole rings is 1. The Kier molecular flexibility index (Phi) is 17.4. The van der Waals surface area contributed by atoms with Crippen LogP contribution in [-0.2, 0) is 37.7 Å². The standard InChI is InChI=1S/C61H73N11O5S/c1-39-53(78-38-67-39)42-21-18-41(19-22-42)36-66-58(76)50-35-46(73)37-71(50)59(77)54(60(2,3)4)70-52(75)17-9-7-5-6-8-10-32-64-51(74)29-20-40-14-11-15-43(34-40)48-27-28-49-57(68-48)72(56(69-49)47-16-12-33-65-55(47)62)45-25-23-44(24-26-45)61(63)30-13-31-61/h11-12,14-16,18-19,21-28,33-34,38,46,50,54,73H,5-10,13,17,20,29-32,35-37,63H2,1-4H3,(H2,62,65)(H,64,74)(H,66,76)(H,70,75)/t46-,50+,54?/m1/s1. The number of aromatic nitrogens is 5. The summed E-state index contributed by atoms with van der Waals surface area (Å²) >= 11 is 1.58. The zero-order valence-electron chi connectivity index (χ0n) is 45.3. The molecule has 1 aliphatic heterocycles. The predicted molar refractivity (Wildman–Crippen MR) is 307 cm³/mol. The minimum Gasteiger partial charge on any atom is -0.391 e. The first-order valence-electron chi connectivity index (χ1n) is 27.5. The molecule has 4 amide bonds. The van der Waals surface area contributed by atoms with E-state index in [-0.39, 0.29) is 55.1 Å². The lowest BCUT2D eigenvalue weighted by atomic mass is 9.73. The van der Waals surface area contributed by atoms with E-state index < -0.39 is 23.6 Å². The van der Waals surface area contributed by atoms with Crippen molar-refractivity contribution in [1.82, 2.24) is 45.4 Å². The topological polar surface area (TPSA) is 236 Å². The van der Waals surface area contributed by atoms with E-state index in [0.717, 1.165) is 107 Å². The molecule has 7 aromatic rings. The molecule has 1 saturated carbocycles. The third-order valence-electron chi connectivity index (χ3n) is 15.3. The maximum atomic E-state index is 14.1. The molecule has 2 fully saturated rings. The first-order valence-corrected chi connectivity index (χ1v) is 28.3. The Balaban J connectivity index is 0.691. The fraction of sp³-hybridized carbons (Fsp3) is 0.410. The second-order valence-corrected chi connectivity index (χ2v) is 23.0. The summed E-state index contributed by atoms with van der Waals surface area (Å²) in [5, 5.41) is 19.6. The van der Waals surface area contributed by atoms with Gasteiger partial charge in [0.2, 0.25) is 23.6 Å². The van der Waals surface area contributed by atoms with Crippen LogP contribution in [0.3, 0.4) is 0 Å². The van der Waals surface area contributed by atoms with Gasteiger partial charge in [0.05, 0.1) is 33.4 Å². The van der Waals surface area contributed by atoms with E-state index in [1.54, 1.807) is 17.5 Å². The van der Waals surface area contributed by atoms with Gasteiger partial charge in [-0.2, -0.15) is 0 Å². The van der Waals surface area contributed by atoms with Crippen molar-refractivity contribution < 1.29 is 24.3 Å². The monoisotopic (exact) mass is 1070 g/mol. The Morgan fingerprint density at radius 1 is 0.821 bits per heavy atom. The van der Waals surface area contributed by atoms with Crippen LogP contribution < -0.4 is 27.4 Å². The largest absolute Gasteiger partial charge is 0.391 e. The molecule has 408 valence electrons. The normalized spacial score (nSPS) is 16.4. The van der Waals surface area contributed by atoms with E-state index in [2.05, 4.69) is 56.3 Å². The van der Waals surface area contributed by atoms with Crippen molar-refractivity contribution in [1.29, 1.82) is 0 Å². The molecule has 4 aromatic heterocycles. The summed E-state index contributed by atoms with van der Waals surface area (Å²) in [7, 11) is 0. The molecule has 0 radical (unpaired) electrons. The Hall–Kier alpha value is -7.34. The maximum absolute atomic E-state index is 14.1. The molecule has 1 saturated heterocycles. The number of anilines is 1. The third-order valence-corrected chi connectivity index (χ3v) is 16.2. The average molecular weight is 1070 g/mol. The van der Waals surface area contributed by atoms with E-state index in [9.17, 15) is 24.3 Å². The van der Waals surface area contributed by atoms with Gasteiger partial charge in [-0.15, -0.1) is 11.3 Å². The zero-order chi connectivity index (χ0) is 55.0. The fourth-order valence-corrected chi connectivity index (χ4v) is 11.3. The molecule has 78 heavy (non-hydrogen) atoms. The quantitative estimate of drug-likeness (QED) is 0.0350. The number of aryl methyl sites for hydroxylation is 2. The number of pyridine rings is 2. The highest BCUT2D eigenvalue weighted by Crippen LogP contribution is 2.40. The summed E-state index contributed by atoms with van der Waals surface area (Å²) in [5.74, 6) is 0.107. The average Bonchev–Trinajstić information content (AvgIpc) is 4.28. The van der Waals surface area contributed by atoms with E-state index in [4.69, 9.17) is 21.4 Å². The number of carbonyl (C=O) groups excluding carboxylic acids is 4. The number of fused-ring (bicyclic) bond motifs is 1. The van der Waals surface area contributed by atoms with Gasteiger partial charge in [0, 0.05) is 61.9 Å². The van der Waals surface area contributed by atoms with Gasteiger partial charge in [0.25, 0.3) is 0 Å². The summed E-state index contributed by atoms with van der Waals surface area (Å²) in [6.45, 7) is 8.53. The van der Waals surface area contributed by atoms with Crippen LogP contribution in [0.1, 0.15) is 120 Å². The molecule has 1 unspecified atom stereocenters. The highest BCUT2D eigenvalue weighted by atomic mass is 32.1. The lowest BCUT2D eigenvalue weighted by Crippen LogP contribution is -2.57. The van der Waals surface area contributed by atoms with Crippen LogP contribution in [0.5, 0.6) is 0 Å². The van der Waals surface area contributed by atoms with E-state index in [0.29, 0.717) is 48.7 Å². The Bertz CT molecular complexity index is 3230. The van der Waals surface area contributed by atoms with Gasteiger partial charge in [0.1, 0.15) is 23.4 Å². The van der Waals surface area contributed by atoms with Crippen molar-refractivity contribution >= 4 is 51.9 Å². The van der Waals surface area contributed by atoms with Gasteiger partial charge in [-0.05, 0) is 116 Å². The number of amides is 4. The molecule has 5 heterocycles. The van der Waals surface area contributed by atoms with E-state index >= 15 is 0 Å². The molecule has 0 spiro atoms. The molecule has 9 rings (SSSR count). The van der Waals surface area contributed by atoms with E-state index in [1.165, 1.54) is 4.90 Å². The molecular weight excluding hydrogens is 999 g/mol. The minimum absolute atomic E-state index is 0.00736. The zero-order valence-corrected chi connectivity index (χ0v) is 46.1. The first-order chi connectivity index (χ1) is 37.5. The summed E-state index contributed by atoms with van der Waals surface area (Å²) in [6, 6.07) is 30.4. The number of aliphatic hydroxyl groups is 1. The number of nitrogens with one attached hydrogen (secondary N) is 3. The molecule has 17 heteroatoms. The number of nitrogens with two attached hydrogens (primary N) is 2.